The van der Waals surface area contributed by atoms with Gasteiger partial charge in [-0.1, -0.05) is 56.2 Å². The third-order valence-electron chi connectivity index (χ3n) is 6.48. The Morgan fingerprint density at radius 1 is 1.03 bits per heavy atom. The number of rotatable bonds is 4. The van der Waals surface area contributed by atoms with E-state index in [1.807, 2.05) is 43.3 Å². The first kappa shape index (κ1) is 20.3. The van der Waals surface area contributed by atoms with Crippen LogP contribution in [0.4, 0.5) is 4.79 Å². The molecule has 4 rings (SSSR count). The van der Waals surface area contributed by atoms with Crippen LogP contribution in [0, 0.1) is 5.92 Å². The molecule has 2 heterocycles. The normalized spacial score (nSPS) is 25.0. The van der Waals surface area contributed by atoms with E-state index in [-0.39, 0.29) is 24.4 Å². The Labute approximate surface area is 176 Å². The molecule has 30 heavy (non-hydrogen) atoms. The van der Waals surface area contributed by atoms with Crippen LogP contribution in [0.3, 0.4) is 0 Å². The summed E-state index contributed by atoms with van der Waals surface area (Å²) in [7, 11) is 0. The van der Waals surface area contributed by atoms with Crippen molar-refractivity contribution in [3.05, 3.63) is 42.0 Å². The van der Waals surface area contributed by atoms with Crippen molar-refractivity contribution < 1.29 is 19.2 Å². The summed E-state index contributed by atoms with van der Waals surface area (Å²) in [5.74, 6) is -1.83. The fraction of sp³-hybridized carbons (Fsp3) is 0.478. The maximum Gasteiger partial charge on any atom is 0.334 e. The number of carbonyl (C=O) groups is 4. The van der Waals surface area contributed by atoms with Gasteiger partial charge in [0.15, 0.2) is 0 Å². The van der Waals surface area contributed by atoms with Gasteiger partial charge >= 0.3 is 17.8 Å². The van der Waals surface area contributed by atoms with E-state index in [2.05, 4.69) is 0 Å². The highest BCUT2D eigenvalue weighted by atomic mass is 16.2. The molecule has 1 aromatic carbocycles. The zero-order valence-electron chi connectivity index (χ0n) is 17.3. The maximum atomic E-state index is 12.9. The first-order valence-corrected chi connectivity index (χ1v) is 10.7. The molecule has 0 bridgehead atoms. The Kier molecular flexibility index (Phi) is 5.70. The predicted octanol–water partition coefficient (Wildman–Crippen LogP) is 2.67. The van der Waals surface area contributed by atoms with Gasteiger partial charge in [-0.2, -0.15) is 0 Å². The Bertz CT molecular complexity index is 895. The summed E-state index contributed by atoms with van der Waals surface area (Å²) in [6, 6.07) is 9.10. The Morgan fingerprint density at radius 2 is 1.77 bits per heavy atom. The fourth-order valence-electron chi connectivity index (χ4n) is 4.68. The van der Waals surface area contributed by atoms with Gasteiger partial charge in [0, 0.05) is 19.1 Å². The number of benzene rings is 1. The Morgan fingerprint density at radius 3 is 2.43 bits per heavy atom. The van der Waals surface area contributed by atoms with Crippen molar-refractivity contribution in [2.75, 3.05) is 19.6 Å². The third-order valence-corrected chi connectivity index (χ3v) is 6.48. The van der Waals surface area contributed by atoms with Gasteiger partial charge in [-0.25, -0.2) is 9.69 Å². The van der Waals surface area contributed by atoms with Gasteiger partial charge in [0.2, 0.25) is 5.91 Å². The molecular formula is C23H27N3O4. The van der Waals surface area contributed by atoms with Crippen molar-refractivity contribution in [2.45, 2.75) is 45.1 Å². The number of hydrogen-bond donors (Lipinski definition) is 0. The highest BCUT2D eigenvalue weighted by Crippen LogP contribution is 2.31. The molecule has 1 aromatic rings. The molecule has 3 aliphatic rings. The number of amides is 5. The highest BCUT2D eigenvalue weighted by molar-refractivity contribution is 6.45. The van der Waals surface area contributed by atoms with Crippen LogP contribution in [-0.2, 0) is 14.4 Å². The lowest BCUT2D eigenvalue weighted by molar-refractivity contribution is -0.145. The first-order valence-electron chi connectivity index (χ1n) is 10.7. The van der Waals surface area contributed by atoms with Crippen molar-refractivity contribution in [2.24, 2.45) is 5.92 Å². The molecule has 0 spiro atoms. The molecule has 158 valence electrons. The molecule has 2 aliphatic heterocycles. The van der Waals surface area contributed by atoms with Gasteiger partial charge in [0.05, 0.1) is 0 Å². The van der Waals surface area contributed by atoms with Crippen molar-refractivity contribution >= 4 is 29.3 Å². The smallest absolute Gasteiger partial charge is 0.334 e. The zero-order chi connectivity index (χ0) is 21.3. The van der Waals surface area contributed by atoms with Crippen LogP contribution < -0.4 is 0 Å². The van der Waals surface area contributed by atoms with Gasteiger partial charge in [0.25, 0.3) is 0 Å². The van der Waals surface area contributed by atoms with E-state index in [0.717, 1.165) is 34.6 Å². The first-order chi connectivity index (χ1) is 14.5. The van der Waals surface area contributed by atoms with Crippen LogP contribution in [0.1, 0.15) is 44.6 Å². The second-order valence-electron chi connectivity index (χ2n) is 8.36. The molecule has 1 saturated carbocycles. The molecular weight excluding hydrogens is 382 g/mol. The second kappa shape index (κ2) is 8.42. The Hall–Kier alpha value is -2.96. The largest absolute Gasteiger partial charge is 0.337 e. The predicted molar refractivity (Wildman–Crippen MR) is 111 cm³/mol. The summed E-state index contributed by atoms with van der Waals surface area (Å²) in [5.41, 5.74) is 2.32. The highest BCUT2D eigenvalue weighted by Gasteiger charge is 2.49. The quantitative estimate of drug-likeness (QED) is 0.566. The number of nitrogens with zero attached hydrogens (tertiary/aromatic N) is 3. The van der Waals surface area contributed by atoms with Gasteiger partial charge in [-0.05, 0) is 36.3 Å². The van der Waals surface area contributed by atoms with E-state index in [1.165, 1.54) is 5.57 Å². The van der Waals surface area contributed by atoms with Crippen LogP contribution in [-0.4, -0.2) is 64.1 Å². The zero-order valence-corrected chi connectivity index (χ0v) is 17.3. The average molecular weight is 409 g/mol. The van der Waals surface area contributed by atoms with Gasteiger partial charge in [0.1, 0.15) is 6.54 Å². The van der Waals surface area contributed by atoms with E-state index in [0.29, 0.717) is 25.9 Å². The minimum absolute atomic E-state index is 0.166. The van der Waals surface area contributed by atoms with Crippen molar-refractivity contribution in [1.82, 2.24) is 14.7 Å². The lowest BCUT2D eigenvalue weighted by Crippen LogP contribution is -2.47. The summed E-state index contributed by atoms with van der Waals surface area (Å²) >= 11 is 0. The van der Waals surface area contributed by atoms with E-state index < -0.39 is 17.8 Å². The average Bonchev–Trinajstić information content (AvgIpc) is 2.98. The van der Waals surface area contributed by atoms with Crippen molar-refractivity contribution in [3.63, 3.8) is 0 Å². The lowest BCUT2D eigenvalue weighted by atomic mass is 9.85. The van der Waals surface area contributed by atoms with Crippen molar-refractivity contribution in [3.8, 4) is 0 Å². The fourth-order valence-corrected chi connectivity index (χ4v) is 4.68. The van der Waals surface area contributed by atoms with Crippen LogP contribution in [0.15, 0.2) is 36.4 Å². The van der Waals surface area contributed by atoms with Crippen LogP contribution in [0.25, 0.3) is 5.57 Å². The summed E-state index contributed by atoms with van der Waals surface area (Å²) in [5, 5.41) is 0. The Balaban J connectivity index is 1.41. The maximum absolute atomic E-state index is 12.9. The standard InChI is InChI=1S/C23H27N3O4/c1-16-7-5-6-10-19(16)26-22(29)21(28)25(23(26)30)15-20(27)24-13-11-18(12-14-24)17-8-3-2-4-9-17/h2-4,8-9,11,16,19H,5-7,10,12-15H2,1H3/t16-,19-/m1/s1. The number of imide groups is 2. The minimum Gasteiger partial charge on any atom is -0.337 e. The molecule has 0 N–H and O–H groups in total. The monoisotopic (exact) mass is 409 g/mol. The molecule has 0 unspecified atom stereocenters. The van der Waals surface area contributed by atoms with Crippen LogP contribution in [0.5, 0.6) is 0 Å². The summed E-state index contributed by atoms with van der Waals surface area (Å²) < 4.78 is 0. The molecule has 1 saturated heterocycles. The summed E-state index contributed by atoms with van der Waals surface area (Å²) in [6.45, 7) is 2.58. The van der Waals surface area contributed by atoms with E-state index >= 15 is 0 Å². The van der Waals surface area contributed by atoms with Crippen LogP contribution >= 0.6 is 0 Å². The van der Waals surface area contributed by atoms with Crippen molar-refractivity contribution in [1.29, 1.82) is 0 Å². The topological polar surface area (TPSA) is 78.0 Å². The molecule has 7 heteroatoms. The number of hydrogen-bond acceptors (Lipinski definition) is 4. The van der Waals surface area contributed by atoms with Crippen LogP contribution in [0.2, 0.25) is 0 Å². The van der Waals surface area contributed by atoms with Gasteiger partial charge in [-0.15, -0.1) is 0 Å². The van der Waals surface area contributed by atoms with Gasteiger partial charge < -0.3 is 4.90 Å². The molecule has 2 fully saturated rings. The summed E-state index contributed by atoms with van der Waals surface area (Å²) in [4.78, 5) is 54.1. The molecule has 2 atom stereocenters. The molecule has 1 aliphatic carbocycles. The lowest BCUT2D eigenvalue weighted by Gasteiger charge is -2.34. The second-order valence-corrected chi connectivity index (χ2v) is 8.36. The number of carbonyl (C=O) groups excluding carboxylic acids is 4. The minimum atomic E-state index is -0.886. The molecule has 5 amide bonds. The third kappa shape index (κ3) is 3.76. The SMILES string of the molecule is C[C@@H]1CCCC[C@H]1N1C(=O)C(=O)N(CC(=O)N2CC=C(c3ccccc3)CC2)C1=O. The molecule has 0 radical (unpaired) electrons. The van der Waals surface area contributed by atoms with Gasteiger partial charge in [-0.3, -0.25) is 19.3 Å². The molecule has 7 nitrogen and oxygen atoms in total. The molecule has 0 aromatic heterocycles. The van der Waals surface area contributed by atoms with E-state index in [1.54, 1.807) is 4.90 Å². The van der Waals surface area contributed by atoms with E-state index in [9.17, 15) is 19.2 Å². The van der Waals surface area contributed by atoms with E-state index in [4.69, 9.17) is 0 Å². The number of urea groups is 1. The summed E-state index contributed by atoms with van der Waals surface area (Å²) in [6.07, 6.45) is 6.36.